The third-order valence-electron chi connectivity index (χ3n) is 2.11. The number of ether oxygens (including phenoxy) is 1. The zero-order valence-corrected chi connectivity index (χ0v) is 9.31. The lowest BCUT2D eigenvalue weighted by atomic mass is 10.1. The zero-order chi connectivity index (χ0) is 10.7. The monoisotopic (exact) mass is 212 g/mol. The number of carbonyl (C=O) groups excluding carboxylic acids is 1. The van der Waals surface area contributed by atoms with Crippen molar-refractivity contribution < 1.29 is 9.53 Å². The molecule has 0 heterocycles. The van der Waals surface area contributed by atoms with E-state index in [1.165, 1.54) is 6.92 Å². The number of benzene rings is 1. The van der Waals surface area contributed by atoms with Crippen molar-refractivity contribution in [2.45, 2.75) is 20.3 Å². The Labute approximate surface area is 88.8 Å². The van der Waals surface area contributed by atoms with Crippen LogP contribution in [0.5, 0.6) is 5.75 Å². The molecule has 0 aliphatic rings. The average molecular weight is 213 g/mol. The quantitative estimate of drug-likeness (QED) is 0.720. The van der Waals surface area contributed by atoms with Crippen molar-refractivity contribution in [1.82, 2.24) is 0 Å². The van der Waals surface area contributed by atoms with Gasteiger partial charge in [0, 0.05) is 5.56 Å². The number of hydrogen-bond donors (Lipinski definition) is 0. The molecule has 0 amide bonds. The van der Waals surface area contributed by atoms with Crippen molar-refractivity contribution in [2.24, 2.45) is 0 Å². The Hall–Kier alpha value is -1.02. The van der Waals surface area contributed by atoms with Crippen molar-refractivity contribution in [2.75, 3.05) is 7.11 Å². The van der Waals surface area contributed by atoms with Crippen molar-refractivity contribution in [3.63, 3.8) is 0 Å². The molecule has 0 aromatic heterocycles. The first-order valence-corrected chi connectivity index (χ1v) is 4.85. The van der Waals surface area contributed by atoms with Gasteiger partial charge in [0.2, 0.25) is 0 Å². The zero-order valence-electron chi connectivity index (χ0n) is 8.56. The van der Waals surface area contributed by atoms with E-state index < -0.39 is 0 Å². The van der Waals surface area contributed by atoms with Gasteiger partial charge in [-0.2, -0.15) is 0 Å². The minimum Gasteiger partial charge on any atom is -0.495 e. The first-order chi connectivity index (χ1) is 6.60. The maximum atomic E-state index is 11.2. The van der Waals surface area contributed by atoms with E-state index in [0.717, 1.165) is 12.0 Å². The molecule has 0 atom stereocenters. The van der Waals surface area contributed by atoms with Crippen LogP contribution in [0, 0.1) is 0 Å². The minimum absolute atomic E-state index is 0.0178. The number of aryl methyl sites for hydroxylation is 1. The van der Waals surface area contributed by atoms with Gasteiger partial charge in [0.25, 0.3) is 0 Å². The summed E-state index contributed by atoms with van der Waals surface area (Å²) < 4.78 is 5.16. The summed E-state index contributed by atoms with van der Waals surface area (Å²) in [4.78, 5) is 11.2. The SMILES string of the molecule is CCc1cc(C(C)=O)cc(Cl)c1OC. The van der Waals surface area contributed by atoms with E-state index in [9.17, 15) is 4.79 Å². The molecule has 3 heteroatoms. The highest BCUT2D eigenvalue weighted by atomic mass is 35.5. The Balaban J connectivity index is 3.31. The second-order valence-electron chi connectivity index (χ2n) is 3.06. The first-order valence-electron chi connectivity index (χ1n) is 4.47. The van der Waals surface area contributed by atoms with Crippen LogP contribution in [0.1, 0.15) is 29.8 Å². The molecule has 0 unspecified atom stereocenters. The van der Waals surface area contributed by atoms with Gasteiger partial charge in [-0.1, -0.05) is 18.5 Å². The molecule has 0 aliphatic heterocycles. The Morgan fingerprint density at radius 2 is 2.14 bits per heavy atom. The summed E-state index contributed by atoms with van der Waals surface area (Å²) in [5.74, 6) is 0.684. The topological polar surface area (TPSA) is 26.3 Å². The number of halogens is 1. The largest absolute Gasteiger partial charge is 0.495 e. The number of hydrogen-bond acceptors (Lipinski definition) is 2. The third kappa shape index (κ3) is 2.07. The fraction of sp³-hybridized carbons (Fsp3) is 0.364. The standard InChI is InChI=1S/C11H13ClO2/c1-4-8-5-9(7(2)13)6-10(12)11(8)14-3/h5-6H,4H2,1-3H3. The lowest BCUT2D eigenvalue weighted by molar-refractivity contribution is 0.101. The normalized spacial score (nSPS) is 10.0. The minimum atomic E-state index is 0.0178. The number of methoxy groups -OCH3 is 1. The van der Waals surface area contributed by atoms with Gasteiger partial charge in [-0.3, -0.25) is 4.79 Å². The Kier molecular flexibility index (Phi) is 3.53. The molecule has 76 valence electrons. The van der Waals surface area contributed by atoms with Crippen LogP contribution in [-0.4, -0.2) is 12.9 Å². The fourth-order valence-electron chi connectivity index (χ4n) is 1.34. The Morgan fingerprint density at radius 1 is 1.50 bits per heavy atom. The Morgan fingerprint density at radius 3 is 2.57 bits per heavy atom. The molecule has 14 heavy (non-hydrogen) atoms. The fourth-order valence-corrected chi connectivity index (χ4v) is 1.66. The van der Waals surface area contributed by atoms with Crippen molar-refractivity contribution >= 4 is 17.4 Å². The van der Waals surface area contributed by atoms with Crippen LogP contribution in [0.15, 0.2) is 12.1 Å². The highest BCUT2D eigenvalue weighted by Crippen LogP contribution is 2.30. The molecule has 0 spiro atoms. The molecule has 1 aromatic rings. The summed E-state index contributed by atoms with van der Waals surface area (Å²) in [5.41, 5.74) is 1.60. The van der Waals surface area contributed by atoms with Gasteiger partial charge in [-0.15, -0.1) is 0 Å². The molecule has 0 saturated heterocycles. The molecule has 0 radical (unpaired) electrons. The van der Waals surface area contributed by atoms with Crippen LogP contribution in [0.2, 0.25) is 5.02 Å². The highest BCUT2D eigenvalue weighted by Gasteiger charge is 2.10. The molecule has 0 fully saturated rings. The molecule has 1 aromatic carbocycles. The molecule has 2 nitrogen and oxygen atoms in total. The lowest BCUT2D eigenvalue weighted by Crippen LogP contribution is -1.98. The van der Waals surface area contributed by atoms with Gasteiger partial charge in [-0.05, 0) is 31.0 Å². The number of carbonyl (C=O) groups is 1. The molecule has 0 saturated carbocycles. The maximum absolute atomic E-state index is 11.2. The lowest BCUT2D eigenvalue weighted by Gasteiger charge is -2.10. The molecule has 0 N–H and O–H groups in total. The van der Waals surface area contributed by atoms with E-state index in [4.69, 9.17) is 16.3 Å². The van der Waals surface area contributed by atoms with E-state index >= 15 is 0 Å². The number of rotatable bonds is 3. The maximum Gasteiger partial charge on any atom is 0.159 e. The van der Waals surface area contributed by atoms with Crippen LogP contribution in [0.25, 0.3) is 0 Å². The summed E-state index contributed by atoms with van der Waals surface area (Å²) in [5, 5.41) is 0.497. The van der Waals surface area contributed by atoms with Gasteiger partial charge < -0.3 is 4.74 Å². The number of Topliss-reactive ketones (excluding diaryl/α,β-unsaturated/α-hetero) is 1. The van der Waals surface area contributed by atoms with Crippen molar-refractivity contribution in [3.05, 3.63) is 28.3 Å². The number of ketones is 1. The average Bonchev–Trinajstić information content (AvgIpc) is 2.16. The summed E-state index contributed by atoms with van der Waals surface area (Å²) in [6.07, 6.45) is 0.796. The smallest absolute Gasteiger partial charge is 0.159 e. The molecular weight excluding hydrogens is 200 g/mol. The van der Waals surface area contributed by atoms with E-state index in [0.29, 0.717) is 16.3 Å². The van der Waals surface area contributed by atoms with Crippen LogP contribution in [-0.2, 0) is 6.42 Å². The van der Waals surface area contributed by atoms with Crippen LogP contribution >= 0.6 is 11.6 Å². The summed E-state index contributed by atoms with van der Waals surface area (Å²) in [6.45, 7) is 3.52. The predicted molar refractivity (Wildman–Crippen MR) is 57.4 cm³/mol. The Bertz CT molecular complexity index is 359. The summed E-state index contributed by atoms with van der Waals surface area (Å²) in [7, 11) is 1.58. The van der Waals surface area contributed by atoms with Crippen LogP contribution in [0.4, 0.5) is 0 Å². The van der Waals surface area contributed by atoms with Crippen molar-refractivity contribution in [3.8, 4) is 5.75 Å². The van der Waals surface area contributed by atoms with Gasteiger partial charge in [-0.25, -0.2) is 0 Å². The van der Waals surface area contributed by atoms with E-state index in [1.54, 1.807) is 13.2 Å². The van der Waals surface area contributed by atoms with E-state index in [1.807, 2.05) is 13.0 Å². The predicted octanol–water partition coefficient (Wildman–Crippen LogP) is 3.11. The van der Waals surface area contributed by atoms with E-state index in [2.05, 4.69) is 0 Å². The second kappa shape index (κ2) is 4.47. The first kappa shape index (κ1) is 11.1. The van der Waals surface area contributed by atoms with E-state index in [-0.39, 0.29) is 5.78 Å². The molecule has 0 bridgehead atoms. The van der Waals surface area contributed by atoms with Crippen LogP contribution < -0.4 is 4.74 Å². The van der Waals surface area contributed by atoms with Crippen molar-refractivity contribution in [1.29, 1.82) is 0 Å². The van der Waals surface area contributed by atoms with Gasteiger partial charge in [0.15, 0.2) is 5.78 Å². The third-order valence-corrected chi connectivity index (χ3v) is 2.39. The molecule has 1 rings (SSSR count). The second-order valence-corrected chi connectivity index (χ2v) is 3.47. The summed E-state index contributed by atoms with van der Waals surface area (Å²) in [6, 6.07) is 3.47. The van der Waals surface area contributed by atoms with Gasteiger partial charge in [0.05, 0.1) is 12.1 Å². The molecule has 0 aliphatic carbocycles. The summed E-state index contributed by atoms with van der Waals surface area (Å²) >= 11 is 5.98. The molecular formula is C11H13ClO2. The van der Waals surface area contributed by atoms with Gasteiger partial charge in [0.1, 0.15) is 5.75 Å². The highest BCUT2D eigenvalue weighted by molar-refractivity contribution is 6.32. The van der Waals surface area contributed by atoms with Gasteiger partial charge >= 0.3 is 0 Å². The van der Waals surface area contributed by atoms with Crippen LogP contribution in [0.3, 0.4) is 0 Å².